The number of ketones is 1. The fraction of sp³-hybridized carbons (Fsp3) is 0.588. The van der Waals surface area contributed by atoms with Crippen LogP contribution in [0.5, 0.6) is 0 Å². The van der Waals surface area contributed by atoms with Crippen molar-refractivity contribution in [3.63, 3.8) is 0 Å². The summed E-state index contributed by atoms with van der Waals surface area (Å²) < 4.78 is 5.55. The topological polar surface area (TPSA) is 26.3 Å². The quantitative estimate of drug-likeness (QED) is 0.761. The van der Waals surface area contributed by atoms with Crippen molar-refractivity contribution in [1.82, 2.24) is 0 Å². The lowest BCUT2D eigenvalue weighted by Gasteiger charge is -2.19. The first-order valence-corrected chi connectivity index (χ1v) is 7.22. The molecule has 1 fully saturated rings. The van der Waals surface area contributed by atoms with Gasteiger partial charge in [-0.15, -0.1) is 0 Å². The van der Waals surface area contributed by atoms with Crippen molar-refractivity contribution in [2.45, 2.75) is 58.0 Å². The zero-order valence-corrected chi connectivity index (χ0v) is 12.2. The Hall–Kier alpha value is -1.15. The molecule has 0 aliphatic carbocycles. The molecule has 0 N–H and O–H groups in total. The maximum absolute atomic E-state index is 12.1. The molecule has 1 saturated heterocycles. The number of hydrogen-bond acceptors (Lipinski definition) is 2. The molecule has 1 aliphatic heterocycles. The maximum Gasteiger partial charge on any atom is 0.162 e. The van der Waals surface area contributed by atoms with E-state index < -0.39 is 0 Å². The van der Waals surface area contributed by atoms with Gasteiger partial charge in [0.1, 0.15) is 0 Å². The van der Waals surface area contributed by atoms with E-state index in [9.17, 15) is 4.79 Å². The number of benzene rings is 1. The second kappa shape index (κ2) is 5.87. The highest BCUT2D eigenvalue weighted by Gasteiger charge is 2.18. The molecule has 0 bridgehead atoms. The lowest BCUT2D eigenvalue weighted by Crippen LogP contribution is -2.12. The molecular weight excluding hydrogens is 236 g/mol. The van der Waals surface area contributed by atoms with Gasteiger partial charge in [0, 0.05) is 18.6 Å². The van der Waals surface area contributed by atoms with Crippen molar-refractivity contribution in [3.05, 3.63) is 35.4 Å². The molecule has 1 atom stereocenters. The van der Waals surface area contributed by atoms with E-state index >= 15 is 0 Å². The van der Waals surface area contributed by atoms with E-state index in [1.54, 1.807) is 0 Å². The third-order valence-corrected chi connectivity index (χ3v) is 3.79. The second-order valence-corrected chi connectivity index (χ2v) is 6.42. The van der Waals surface area contributed by atoms with E-state index in [1.165, 1.54) is 5.56 Å². The molecule has 0 spiro atoms. The summed E-state index contributed by atoms with van der Waals surface area (Å²) in [5.41, 5.74) is 2.23. The van der Waals surface area contributed by atoms with Gasteiger partial charge in [-0.3, -0.25) is 4.79 Å². The van der Waals surface area contributed by atoms with Crippen LogP contribution in [0.3, 0.4) is 0 Å². The monoisotopic (exact) mass is 260 g/mol. The fourth-order valence-corrected chi connectivity index (χ4v) is 2.46. The van der Waals surface area contributed by atoms with E-state index in [0.717, 1.165) is 31.4 Å². The summed E-state index contributed by atoms with van der Waals surface area (Å²) in [6, 6.07) is 8.05. The van der Waals surface area contributed by atoms with Crippen LogP contribution in [0.1, 0.15) is 62.4 Å². The summed E-state index contributed by atoms with van der Waals surface area (Å²) in [7, 11) is 0. The average Bonchev–Trinajstić information content (AvgIpc) is 2.88. The summed E-state index contributed by atoms with van der Waals surface area (Å²) in [4.78, 5) is 12.1. The highest BCUT2D eigenvalue weighted by Crippen LogP contribution is 2.23. The molecule has 2 heteroatoms. The molecule has 104 valence electrons. The van der Waals surface area contributed by atoms with Crippen LogP contribution in [-0.2, 0) is 10.2 Å². The normalized spacial score (nSPS) is 19.6. The largest absolute Gasteiger partial charge is 0.378 e. The molecular formula is C17H24O2. The van der Waals surface area contributed by atoms with Gasteiger partial charge in [-0.1, -0.05) is 45.0 Å². The first kappa shape index (κ1) is 14.3. The first-order chi connectivity index (χ1) is 8.97. The molecule has 0 aromatic heterocycles. The number of rotatable bonds is 4. The summed E-state index contributed by atoms with van der Waals surface area (Å²) in [6.45, 7) is 7.41. The Kier molecular flexibility index (Phi) is 4.41. The van der Waals surface area contributed by atoms with E-state index in [-0.39, 0.29) is 11.2 Å². The van der Waals surface area contributed by atoms with Gasteiger partial charge >= 0.3 is 0 Å². The van der Waals surface area contributed by atoms with E-state index in [2.05, 4.69) is 32.9 Å². The van der Waals surface area contributed by atoms with Gasteiger partial charge < -0.3 is 4.74 Å². The Bertz CT molecular complexity index is 420. The number of carbonyl (C=O) groups is 1. The molecule has 2 nitrogen and oxygen atoms in total. The maximum atomic E-state index is 12.1. The lowest BCUT2D eigenvalue weighted by atomic mass is 9.86. The number of carbonyl (C=O) groups excluding carboxylic acids is 1. The van der Waals surface area contributed by atoms with Crippen molar-refractivity contribution in [3.8, 4) is 0 Å². The second-order valence-electron chi connectivity index (χ2n) is 6.42. The molecule has 19 heavy (non-hydrogen) atoms. The predicted octanol–water partition coefficient (Wildman–Crippen LogP) is 4.13. The van der Waals surface area contributed by atoms with E-state index in [4.69, 9.17) is 4.74 Å². The van der Waals surface area contributed by atoms with Crippen LogP contribution in [-0.4, -0.2) is 18.5 Å². The molecule has 1 aromatic rings. The molecule has 0 radical (unpaired) electrons. The molecule has 1 aromatic carbocycles. The minimum absolute atomic E-state index is 0.138. The summed E-state index contributed by atoms with van der Waals surface area (Å²) >= 11 is 0. The van der Waals surface area contributed by atoms with Crippen LogP contribution < -0.4 is 0 Å². The Morgan fingerprint density at radius 2 is 1.95 bits per heavy atom. The highest BCUT2D eigenvalue weighted by atomic mass is 16.5. The third kappa shape index (κ3) is 3.90. The van der Waals surface area contributed by atoms with Crippen molar-refractivity contribution >= 4 is 5.78 Å². The predicted molar refractivity (Wildman–Crippen MR) is 77.7 cm³/mol. The smallest absolute Gasteiger partial charge is 0.162 e. The van der Waals surface area contributed by atoms with Gasteiger partial charge in [0.2, 0.25) is 0 Å². The summed E-state index contributed by atoms with van der Waals surface area (Å²) in [6.07, 6.45) is 4.01. The van der Waals surface area contributed by atoms with Crippen LogP contribution in [0.2, 0.25) is 0 Å². The van der Waals surface area contributed by atoms with Crippen LogP contribution in [0, 0.1) is 0 Å². The standard InChI is InChI=1S/C17H24O2/c1-17(2,3)14-8-6-13(7-9-14)16(18)11-10-15-5-4-12-19-15/h6-9,15H,4-5,10-12H2,1-3H3. The molecule has 1 aliphatic rings. The molecule has 1 heterocycles. The molecule has 2 rings (SSSR count). The summed E-state index contributed by atoms with van der Waals surface area (Å²) in [5, 5.41) is 0. The Labute approximate surface area is 116 Å². The zero-order chi connectivity index (χ0) is 13.9. The van der Waals surface area contributed by atoms with Gasteiger partial charge in [0.25, 0.3) is 0 Å². The van der Waals surface area contributed by atoms with E-state index in [0.29, 0.717) is 12.5 Å². The zero-order valence-electron chi connectivity index (χ0n) is 12.2. The minimum Gasteiger partial charge on any atom is -0.378 e. The Morgan fingerprint density at radius 3 is 2.47 bits per heavy atom. The van der Waals surface area contributed by atoms with Gasteiger partial charge in [-0.25, -0.2) is 0 Å². The van der Waals surface area contributed by atoms with Gasteiger partial charge in [0.05, 0.1) is 6.10 Å². The van der Waals surface area contributed by atoms with Gasteiger partial charge in [-0.05, 0) is 30.2 Å². The highest BCUT2D eigenvalue weighted by molar-refractivity contribution is 5.96. The van der Waals surface area contributed by atoms with Gasteiger partial charge in [0.15, 0.2) is 5.78 Å². The van der Waals surface area contributed by atoms with Crippen molar-refractivity contribution < 1.29 is 9.53 Å². The number of hydrogen-bond donors (Lipinski definition) is 0. The molecule has 0 saturated carbocycles. The van der Waals surface area contributed by atoms with Crippen LogP contribution in [0.25, 0.3) is 0 Å². The molecule has 0 amide bonds. The summed E-state index contributed by atoms with van der Waals surface area (Å²) in [5.74, 6) is 0.232. The van der Waals surface area contributed by atoms with Crippen molar-refractivity contribution in [2.75, 3.05) is 6.61 Å². The van der Waals surface area contributed by atoms with Gasteiger partial charge in [-0.2, -0.15) is 0 Å². The van der Waals surface area contributed by atoms with Crippen LogP contribution in [0.4, 0.5) is 0 Å². The Morgan fingerprint density at radius 1 is 1.26 bits per heavy atom. The van der Waals surface area contributed by atoms with E-state index in [1.807, 2.05) is 12.1 Å². The lowest BCUT2D eigenvalue weighted by molar-refractivity contribution is 0.0859. The first-order valence-electron chi connectivity index (χ1n) is 7.22. The Balaban J connectivity index is 1.92. The van der Waals surface area contributed by atoms with Crippen molar-refractivity contribution in [1.29, 1.82) is 0 Å². The molecule has 1 unspecified atom stereocenters. The SMILES string of the molecule is CC(C)(C)c1ccc(C(=O)CCC2CCCO2)cc1. The average molecular weight is 260 g/mol. The fourth-order valence-electron chi connectivity index (χ4n) is 2.46. The van der Waals surface area contributed by atoms with Crippen LogP contribution >= 0.6 is 0 Å². The number of Topliss-reactive ketones (excluding diaryl/α,β-unsaturated/α-hetero) is 1. The third-order valence-electron chi connectivity index (χ3n) is 3.79. The number of ether oxygens (including phenoxy) is 1. The minimum atomic E-state index is 0.138. The van der Waals surface area contributed by atoms with Crippen LogP contribution in [0.15, 0.2) is 24.3 Å². The van der Waals surface area contributed by atoms with Crippen molar-refractivity contribution in [2.24, 2.45) is 0 Å².